The van der Waals surface area contributed by atoms with E-state index in [4.69, 9.17) is 0 Å². The molecule has 7 heteroatoms. The van der Waals surface area contributed by atoms with Crippen LogP contribution in [0, 0.1) is 0 Å². The molecule has 0 radical (unpaired) electrons. The van der Waals surface area contributed by atoms with E-state index in [-0.39, 0.29) is 12.5 Å². The Labute approximate surface area is 153 Å². The molecule has 1 amide bonds. The molecule has 0 saturated carbocycles. The number of para-hydroxylation sites is 1. The van der Waals surface area contributed by atoms with Crippen molar-refractivity contribution in [2.45, 2.75) is 12.7 Å². The fourth-order valence-corrected chi connectivity index (χ4v) is 2.38. The average Bonchev–Trinajstić information content (AvgIpc) is 3.14. The van der Waals surface area contributed by atoms with Crippen LogP contribution in [-0.4, -0.2) is 15.7 Å². The Hall–Kier alpha value is -3.35. The fourth-order valence-electron chi connectivity index (χ4n) is 2.38. The molecule has 27 heavy (non-hydrogen) atoms. The SMILES string of the molecule is O=C(/C=C/c1cnn(-c2ccccc2)c1)NCc1ccc(C(F)(F)F)cc1. The van der Waals surface area contributed by atoms with Gasteiger partial charge in [0.1, 0.15) is 0 Å². The quantitative estimate of drug-likeness (QED) is 0.683. The van der Waals surface area contributed by atoms with Gasteiger partial charge in [0.15, 0.2) is 0 Å². The Bertz CT molecular complexity index is 929. The van der Waals surface area contributed by atoms with Gasteiger partial charge < -0.3 is 5.32 Å². The van der Waals surface area contributed by atoms with Crippen LogP contribution in [0.4, 0.5) is 13.2 Å². The zero-order valence-electron chi connectivity index (χ0n) is 14.1. The van der Waals surface area contributed by atoms with E-state index in [1.54, 1.807) is 23.2 Å². The Kier molecular flexibility index (Phi) is 5.40. The van der Waals surface area contributed by atoms with Crippen molar-refractivity contribution in [1.82, 2.24) is 15.1 Å². The van der Waals surface area contributed by atoms with Gasteiger partial charge in [0.25, 0.3) is 0 Å². The summed E-state index contributed by atoms with van der Waals surface area (Å²) in [5.74, 6) is -0.345. The second-order valence-corrected chi connectivity index (χ2v) is 5.80. The molecule has 0 bridgehead atoms. The molecular weight excluding hydrogens is 355 g/mol. The summed E-state index contributed by atoms with van der Waals surface area (Å²) in [7, 11) is 0. The van der Waals surface area contributed by atoms with Crippen molar-refractivity contribution in [2.24, 2.45) is 0 Å². The van der Waals surface area contributed by atoms with E-state index < -0.39 is 11.7 Å². The summed E-state index contributed by atoms with van der Waals surface area (Å²) in [4.78, 5) is 11.9. The zero-order chi connectivity index (χ0) is 19.3. The summed E-state index contributed by atoms with van der Waals surface area (Å²) >= 11 is 0. The second-order valence-electron chi connectivity index (χ2n) is 5.80. The highest BCUT2D eigenvalue weighted by atomic mass is 19.4. The van der Waals surface area contributed by atoms with Crippen LogP contribution in [0.1, 0.15) is 16.7 Å². The largest absolute Gasteiger partial charge is 0.416 e. The monoisotopic (exact) mass is 371 g/mol. The van der Waals surface area contributed by atoms with Gasteiger partial charge in [-0.2, -0.15) is 18.3 Å². The van der Waals surface area contributed by atoms with Gasteiger partial charge in [-0.15, -0.1) is 0 Å². The molecule has 4 nitrogen and oxygen atoms in total. The summed E-state index contributed by atoms with van der Waals surface area (Å²) in [6.07, 6.45) is 2.03. The van der Waals surface area contributed by atoms with Crippen molar-refractivity contribution < 1.29 is 18.0 Å². The van der Waals surface area contributed by atoms with Crippen LogP contribution in [0.2, 0.25) is 0 Å². The first-order valence-corrected chi connectivity index (χ1v) is 8.14. The molecule has 1 N–H and O–H groups in total. The van der Waals surface area contributed by atoms with Crippen LogP contribution in [0.5, 0.6) is 0 Å². The molecule has 0 spiro atoms. The van der Waals surface area contributed by atoms with Crippen LogP contribution < -0.4 is 5.32 Å². The summed E-state index contributed by atoms with van der Waals surface area (Å²) in [6.45, 7) is 0.143. The van der Waals surface area contributed by atoms with Crippen LogP contribution in [0.3, 0.4) is 0 Å². The van der Waals surface area contributed by atoms with Gasteiger partial charge in [-0.3, -0.25) is 4.79 Å². The number of nitrogens with one attached hydrogen (secondary N) is 1. The normalized spacial score (nSPS) is 11.7. The third kappa shape index (κ3) is 5.07. The molecule has 0 fully saturated rings. The van der Waals surface area contributed by atoms with Gasteiger partial charge in [-0.1, -0.05) is 30.3 Å². The Morgan fingerprint density at radius 3 is 2.44 bits per heavy atom. The molecule has 138 valence electrons. The topological polar surface area (TPSA) is 46.9 Å². The maximum Gasteiger partial charge on any atom is 0.416 e. The lowest BCUT2D eigenvalue weighted by Gasteiger charge is -2.07. The standard InChI is InChI=1S/C20H16F3N3O/c21-20(22,23)17-9-6-15(7-10-17)12-24-19(27)11-8-16-13-25-26(14-16)18-4-2-1-3-5-18/h1-11,13-14H,12H2,(H,24,27)/b11-8+. The molecule has 2 aromatic carbocycles. The third-order valence-corrected chi connectivity index (χ3v) is 3.80. The number of carbonyl (C=O) groups is 1. The summed E-state index contributed by atoms with van der Waals surface area (Å²) in [6, 6.07) is 14.2. The molecule has 1 heterocycles. The van der Waals surface area contributed by atoms with E-state index in [2.05, 4.69) is 10.4 Å². The predicted molar refractivity (Wildman–Crippen MR) is 95.9 cm³/mol. The number of amides is 1. The smallest absolute Gasteiger partial charge is 0.348 e. The molecule has 0 atom stereocenters. The van der Waals surface area contributed by atoms with Crippen molar-refractivity contribution in [2.75, 3.05) is 0 Å². The van der Waals surface area contributed by atoms with Crippen molar-refractivity contribution in [3.05, 3.63) is 89.8 Å². The van der Waals surface area contributed by atoms with Crippen LogP contribution in [-0.2, 0) is 17.5 Å². The Balaban J connectivity index is 1.54. The highest BCUT2D eigenvalue weighted by Gasteiger charge is 2.29. The number of hydrogen-bond acceptors (Lipinski definition) is 2. The number of hydrogen-bond donors (Lipinski definition) is 1. The lowest BCUT2D eigenvalue weighted by atomic mass is 10.1. The van der Waals surface area contributed by atoms with Crippen LogP contribution >= 0.6 is 0 Å². The minimum atomic E-state index is -4.37. The van der Waals surface area contributed by atoms with Gasteiger partial charge in [0.05, 0.1) is 17.4 Å². The number of alkyl halides is 3. The lowest BCUT2D eigenvalue weighted by Crippen LogP contribution is -2.20. The number of benzene rings is 2. The van der Waals surface area contributed by atoms with Gasteiger partial charge in [-0.25, -0.2) is 4.68 Å². The number of aromatic nitrogens is 2. The molecule has 1 aromatic heterocycles. The number of halogens is 3. The molecule has 0 aliphatic carbocycles. The molecule has 0 saturated heterocycles. The van der Waals surface area contributed by atoms with Gasteiger partial charge in [0, 0.05) is 24.4 Å². The average molecular weight is 371 g/mol. The van der Waals surface area contributed by atoms with Crippen molar-refractivity contribution >= 4 is 12.0 Å². The number of carbonyl (C=O) groups excluding carboxylic acids is 1. The zero-order valence-corrected chi connectivity index (χ0v) is 14.1. The van der Waals surface area contributed by atoms with Crippen molar-refractivity contribution in [3.63, 3.8) is 0 Å². The van der Waals surface area contributed by atoms with Gasteiger partial charge in [-0.05, 0) is 35.9 Å². The first-order chi connectivity index (χ1) is 12.9. The van der Waals surface area contributed by atoms with Crippen molar-refractivity contribution in [1.29, 1.82) is 0 Å². The van der Waals surface area contributed by atoms with Gasteiger partial charge in [0.2, 0.25) is 5.91 Å². The van der Waals surface area contributed by atoms with E-state index in [9.17, 15) is 18.0 Å². The van der Waals surface area contributed by atoms with Crippen LogP contribution in [0.25, 0.3) is 11.8 Å². The highest BCUT2D eigenvalue weighted by Crippen LogP contribution is 2.29. The molecule has 3 aromatic rings. The highest BCUT2D eigenvalue weighted by molar-refractivity contribution is 5.91. The molecule has 0 unspecified atom stereocenters. The van der Waals surface area contributed by atoms with Crippen LogP contribution in [0.15, 0.2) is 73.1 Å². The minimum absolute atomic E-state index is 0.143. The molecule has 0 aliphatic rings. The first kappa shape index (κ1) is 18.4. The molecule has 3 rings (SSSR count). The lowest BCUT2D eigenvalue weighted by molar-refractivity contribution is -0.137. The van der Waals surface area contributed by atoms with Gasteiger partial charge >= 0.3 is 6.18 Å². The second kappa shape index (κ2) is 7.90. The maximum atomic E-state index is 12.5. The van der Waals surface area contributed by atoms with E-state index in [0.29, 0.717) is 5.56 Å². The van der Waals surface area contributed by atoms with E-state index in [1.165, 1.54) is 18.2 Å². The Morgan fingerprint density at radius 2 is 1.78 bits per heavy atom. The Morgan fingerprint density at radius 1 is 1.07 bits per heavy atom. The summed E-state index contributed by atoms with van der Waals surface area (Å²) < 4.78 is 39.3. The molecular formula is C20H16F3N3O. The fraction of sp³-hybridized carbons (Fsp3) is 0.100. The number of rotatable bonds is 5. The predicted octanol–water partition coefficient (Wildman–Crippen LogP) is 4.22. The minimum Gasteiger partial charge on any atom is -0.348 e. The number of nitrogens with zero attached hydrogens (tertiary/aromatic N) is 2. The third-order valence-electron chi connectivity index (χ3n) is 3.80. The summed E-state index contributed by atoms with van der Waals surface area (Å²) in [5, 5.41) is 6.86. The van der Waals surface area contributed by atoms with E-state index in [0.717, 1.165) is 23.4 Å². The van der Waals surface area contributed by atoms with E-state index in [1.807, 2.05) is 30.3 Å². The summed E-state index contributed by atoms with van der Waals surface area (Å²) in [5.41, 5.74) is 1.53. The molecule has 0 aliphatic heterocycles. The first-order valence-electron chi connectivity index (χ1n) is 8.14. The van der Waals surface area contributed by atoms with Crippen molar-refractivity contribution in [3.8, 4) is 5.69 Å². The van der Waals surface area contributed by atoms with E-state index >= 15 is 0 Å². The maximum absolute atomic E-state index is 12.5.